The highest BCUT2D eigenvalue weighted by Crippen LogP contribution is 2.34. The minimum Gasteiger partial charge on any atom is -0.352 e. The molecule has 0 saturated heterocycles. The molecule has 0 fully saturated rings. The number of thioether (sulfide) groups is 1. The van der Waals surface area contributed by atoms with Crippen LogP contribution in [0.2, 0.25) is 0 Å². The van der Waals surface area contributed by atoms with Crippen LogP contribution in [-0.2, 0) is 17.6 Å². The first-order chi connectivity index (χ1) is 18.8. The van der Waals surface area contributed by atoms with Gasteiger partial charge in [-0.3, -0.25) is 9.36 Å². The van der Waals surface area contributed by atoms with E-state index in [1.165, 1.54) is 22.9 Å². The summed E-state index contributed by atoms with van der Waals surface area (Å²) in [7, 11) is 0. The standard InChI is InChI=1S/C32H28N4OS/c37-29(33-27-20-25-16-10-11-17-26(25)21-27)22-38-32-35-34-31(36(32)28-18-8-3-9-19-28)30(23-12-4-1-5-13-23)24-14-6-2-7-15-24/h1-19,27,30H,20-22H2,(H,33,37). The summed E-state index contributed by atoms with van der Waals surface area (Å²) >= 11 is 1.42. The van der Waals surface area contributed by atoms with Crippen molar-refractivity contribution in [3.05, 3.63) is 143 Å². The normalized spacial score (nSPS) is 13.0. The van der Waals surface area contributed by atoms with Gasteiger partial charge in [0.2, 0.25) is 5.91 Å². The van der Waals surface area contributed by atoms with Crippen LogP contribution in [0.4, 0.5) is 0 Å². The monoisotopic (exact) mass is 516 g/mol. The van der Waals surface area contributed by atoms with Crippen LogP contribution >= 0.6 is 11.8 Å². The lowest BCUT2D eigenvalue weighted by molar-refractivity contribution is -0.119. The molecule has 0 spiro atoms. The number of fused-ring (bicyclic) bond motifs is 1. The third kappa shape index (κ3) is 5.13. The van der Waals surface area contributed by atoms with E-state index in [1.54, 1.807) is 0 Å². The van der Waals surface area contributed by atoms with Crippen molar-refractivity contribution in [1.82, 2.24) is 20.1 Å². The second kappa shape index (κ2) is 11.1. The SMILES string of the molecule is O=C(CSc1nnc(C(c2ccccc2)c2ccccc2)n1-c1ccccc1)NC1Cc2ccccc2C1. The molecule has 0 aliphatic heterocycles. The van der Waals surface area contributed by atoms with Crippen LogP contribution in [0.5, 0.6) is 0 Å². The zero-order valence-corrected chi connectivity index (χ0v) is 21.7. The van der Waals surface area contributed by atoms with Gasteiger partial charge in [-0.05, 0) is 47.2 Å². The number of amides is 1. The minimum absolute atomic E-state index is 0.0136. The number of rotatable bonds is 8. The summed E-state index contributed by atoms with van der Waals surface area (Å²) in [4.78, 5) is 13.0. The molecule has 5 aromatic rings. The molecule has 6 heteroatoms. The van der Waals surface area contributed by atoms with Crippen molar-refractivity contribution in [2.75, 3.05) is 5.75 Å². The molecule has 188 valence electrons. The van der Waals surface area contributed by atoms with Crippen LogP contribution in [0.3, 0.4) is 0 Å². The van der Waals surface area contributed by atoms with Crippen molar-refractivity contribution in [3.8, 4) is 5.69 Å². The summed E-state index contributed by atoms with van der Waals surface area (Å²) in [5.74, 6) is 1.01. The van der Waals surface area contributed by atoms with Gasteiger partial charge in [0.15, 0.2) is 5.16 Å². The molecular formula is C32H28N4OS. The van der Waals surface area contributed by atoms with Gasteiger partial charge in [0.25, 0.3) is 0 Å². The van der Waals surface area contributed by atoms with E-state index in [2.05, 4.69) is 99.9 Å². The molecule has 1 N–H and O–H groups in total. The lowest BCUT2D eigenvalue weighted by Gasteiger charge is -2.19. The predicted octanol–water partition coefficient (Wildman–Crippen LogP) is 5.82. The van der Waals surface area contributed by atoms with E-state index in [4.69, 9.17) is 5.10 Å². The second-order valence-corrected chi connectivity index (χ2v) is 10.4. The zero-order valence-electron chi connectivity index (χ0n) is 20.9. The number of para-hydroxylation sites is 1. The Morgan fingerprint density at radius 2 is 1.29 bits per heavy atom. The Bertz CT molecular complexity index is 1450. The summed E-state index contributed by atoms with van der Waals surface area (Å²) < 4.78 is 2.09. The molecule has 0 saturated carbocycles. The topological polar surface area (TPSA) is 59.8 Å². The van der Waals surface area contributed by atoms with Crippen LogP contribution < -0.4 is 5.32 Å². The summed E-state index contributed by atoms with van der Waals surface area (Å²) in [5.41, 5.74) is 5.90. The molecular weight excluding hydrogens is 488 g/mol. The largest absolute Gasteiger partial charge is 0.352 e. The number of aromatic nitrogens is 3. The third-order valence-corrected chi connectivity index (χ3v) is 7.87. The highest BCUT2D eigenvalue weighted by Gasteiger charge is 2.27. The molecule has 0 atom stereocenters. The van der Waals surface area contributed by atoms with Gasteiger partial charge in [-0.15, -0.1) is 10.2 Å². The van der Waals surface area contributed by atoms with E-state index >= 15 is 0 Å². The average Bonchev–Trinajstić information content (AvgIpc) is 3.57. The molecule has 5 nitrogen and oxygen atoms in total. The third-order valence-electron chi connectivity index (χ3n) is 6.95. The Balaban J connectivity index is 1.28. The number of hydrogen-bond acceptors (Lipinski definition) is 4. The molecule has 1 heterocycles. The van der Waals surface area contributed by atoms with Gasteiger partial charge in [0, 0.05) is 11.7 Å². The number of nitrogens with one attached hydrogen (secondary N) is 1. The second-order valence-electron chi connectivity index (χ2n) is 9.50. The fraction of sp³-hybridized carbons (Fsp3) is 0.156. The van der Waals surface area contributed by atoms with Crippen LogP contribution in [0.1, 0.15) is 34.0 Å². The number of hydrogen-bond donors (Lipinski definition) is 1. The summed E-state index contributed by atoms with van der Waals surface area (Å²) in [6, 6.07) is 39.5. The molecule has 1 aromatic heterocycles. The average molecular weight is 517 g/mol. The lowest BCUT2D eigenvalue weighted by atomic mass is 9.90. The van der Waals surface area contributed by atoms with Crippen molar-refractivity contribution in [1.29, 1.82) is 0 Å². The Morgan fingerprint density at radius 3 is 1.87 bits per heavy atom. The Morgan fingerprint density at radius 1 is 0.763 bits per heavy atom. The lowest BCUT2D eigenvalue weighted by Crippen LogP contribution is -2.36. The summed E-state index contributed by atoms with van der Waals surface area (Å²) in [6.45, 7) is 0. The molecule has 4 aromatic carbocycles. The Labute approximate surface area is 227 Å². The highest BCUT2D eigenvalue weighted by molar-refractivity contribution is 7.99. The van der Waals surface area contributed by atoms with E-state index < -0.39 is 0 Å². The maximum Gasteiger partial charge on any atom is 0.230 e. The van der Waals surface area contributed by atoms with Crippen LogP contribution in [0.25, 0.3) is 5.69 Å². The predicted molar refractivity (Wildman–Crippen MR) is 152 cm³/mol. The number of carbonyl (C=O) groups excluding carboxylic acids is 1. The van der Waals surface area contributed by atoms with E-state index in [9.17, 15) is 4.79 Å². The molecule has 6 rings (SSSR count). The Kier molecular flexibility index (Phi) is 7.05. The van der Waals surface area contributed by atoms with Gasteiger partial charge in [-0.1, -0.05) is 115 Å². The van der Waals surface area contributed by atoms with Crippen LogP contribution in [0, 0.1) is 0 Å². The summed E-state index contributed by atoms with van der Waals surface area (Å²) in [5, 5.41) is 13.2. The molecule has 0 radical (unpaired) electrons. The quantitative estimate of drug-likeness (QED) is 0.264. The van der Waals surface area contributed by atoms with E-state index in [-0.39, 0.29) is 23.6 Å². The van der Waals surface area contributed by atoms with Gasteiger partial charge < -0.3 is 5.32 Å². The van der Waals surface area contributed by atoms with Crippen molar-refractivity contribution >= 4 is 17.7 Å². The van der Waals surface area contributed by atoms with Crippen LogP contribution in [-0.4, -0.2) is 32.5 Å². The summed E-state index contributed by atoms with van der Waals surface area (Å²) in [6.07, 6.45) is 1.76. The van der Waals surface area contributed by atoms with E-state index in [0.29, 0.717) is 5.16 Å². The molecule has 1 amide bonds. The maximum absolute atomic E-state index is 13.0. The van der Waals surface area contributed by atoms with Gasteiger partial charge in [0.05, 0.1) is 11.7 Å². The van der Waals surface area contributed by atoms with Gasteiger partial charge in [0.1, 0.15) is 5.82 Å². The van der Waals surface area contributed by atoms with Gasteiger partial charge >= 0.3 is 0 Å². The molecule has 1 aliphatic rings. The first-order valence-corrected chi connectivity index (χ1v) is 13.8. The number of nitrogens with zero attached hydrogens (tertiary/aromatic N) is 3. The molecule has 38 heavy (non-hydrogen) atoms. The van der Waals surface area contributed by atoms with Crippen molar-refractivity contribution in [2.24, 2.45) is 0 Å². The number of carbonyl (C=O) groups is 1. The van der Waals surface area contributed by atoms with Gasteiger partial charge in [-0.25, -0.2) is 0 Å². The first-order valence-electron chi connectivity index (χ1n) is 12.9. The highest BCUT2D eigenvalue weighted by atomic mass is 32.2. The van der Waals surface area contributed by atoms with Crippen LogP contribution in [0.15, 0.2) is 120 Å². The minimum atomic E-state index is -0.106. The number of benzene rings is 4. The molecule has 0 bridgehead atoms. The first kappa shape index (κ1) is 24.2. The van der Waals surface area contributed by atoms with E-state index in [0.717, 1.165) is 35.5 Å². The maximum atomic E-state index is 13.0. The smallest absolute Gasteiger partial charge is 0.230 e. The van der Waals surface area contributed by atoms with Crippen molar-refractivity contribution < 1.29 is 4.79 Å². The fourth-order valence-corrected chi connectivity index (χ4v) is 5.99. The van der Waals surface area contributed by atoms with Crippen molar-refractivity contribution in [3.63, 3.8) is 0 Å². The van der Waals surface area contributed by atoms with E-state index in [1.807, 2.05) is 30.3 Å². The Hall–Kier alpha value is -4.16. The zero-order chi connectivity index (χ0) is 25.7. The van der Waals surface area contributed by atoms with Crippen molar-refractivity contribution in [2.45, 2.75) is 30.0 Å². The van der Waals surface area contributed by atoms with Gasteiger partial charge in [-0.2, -0.15) is 0 Å². The molecule has 0 unspecified atom stereocenters. The fourth-order valence-electron chi connectivity index (χ4n) is 5.22. The molecule has 1 aliphatic carbocycles.